The van der Waals surface area contributed by atoms with Crippen LogP contribution in [0.3, 0.4) is 0 Å². The van der Waals surface area contributed by atoms with Crippen LogP contribution in [0.4, 0.5) is 14.5 Å². The monoisotopic (exact) mass is 254 g/mol. The quantitative estimate of drug-likeness (QED) is 0.880. The number of nitriles is 1. The van der Waals surface area contributed by atoms with Gasteiger partial charge in [-0.1, -0.05) is 0 Å². The zero-order valence-corrected chi connectivity index (χ0v) is 9.99. The molecular weight excluding hydrogens is 242 g/mol. The van der Waals surface area contributed by atoms with E-state index in [1.807, 2.05) is 0 Å². The Balaban J connectivity index is 2.18. The van der Waals surface area contributed by atoms with Gasteiger partial charge in [0.05, 0.1) is 11.6 Å². The standard InChI is InChI=1S/C12H12F2N2S/c13-10-4-8(6-15)5-11(14)12(10)16-9-2-1-3-17-7-9/h4-5,9,16H,1-3,7H2. The summed E-state index contributed by atoms with van der Waals surface area (Å²) in [5.41, 5.74) is -0.111. The van der Waals surface area contributed by atoms with E-state index in [9.17, 15) is 8.78 Å². The Hall–Kier alpha value is -1.28. The summed E-state index contributed by atoms with van der Waals surface area (Å²) >= 11 is 1.78. The van der Waals surface area contributed by atoms with Gasteiger partial charge in [0.1, 0.15) is 5.69 Å². The van der Waals surface area contributed by atoms with Gasteiger partial charge in [0, 0.05) is 11.8 Å². The van der Waals surface area contributed by atoms with Crippen LogP contribution in [0.25, 0.3) is 0 Å². The average Bonchev–Trinajstić information content (AvgIpc) is 2.35. The number of benzene rings is 1. The highest BCUT2D eigenvalue weighted by Gasteiger charge is 2.18. The molecule has 1 N–H and O–H groups in total. The minimum atomic E-state index is -0.697. The first-order valence-corrected chi connectivity index (χ1v) is 6.59. The highest BCUT2D eigenvalue weighted by Crippen LogP contribution is 2.25. The van der Waals surface area contributed by atoms with Crippen molar-refractivity contribution in [3.05, 3.63) is 29.3 Å². The van der Waals surface area contributed by atoms with E-state index >= 15 is 0 Å². The Kier molecular flexibility index (Phi) is 3.85. The van der Waals surface area contributed by atoms with Gasteiger partial charge >= 0.3 is 0 Å². The summed E-state index contributed by atoms with van der Waals surface area (Å²) in [5.74, 6) is 0.573. The summed E-state index contributed by atoms with van der Waals surface area (Å²) in [6.07, 6.45) is 1.98. The molecule has 1 unspecified atom stereocenters. The van der Waals surface area contributed by atoms with Gasteiger partial charge in [-0.25, -0.2) is 8.78 Å². The largest absolute Gasteiger partial charge is 0.377 e. The van der Waals surface area contributed by atoms with Crippen LogP contribution >= 0.6 is 11.8 Å². The Morgan fingerprint density at radius 3 is 2.59 bits per heavy atom. The number of hydrogen-bond donors (Lipinski definition) is 1. The van der Waals surface area contributed by atoms with Crippen molar-refractivity contribution in [3.8, 4) is 6.07 Å². The highest BCUT2D eigenvalue weighted by atomic mass is 32.2. The molecule has 90 valence electrons. The highest BCUT2D eigenvalue weighted by molar-refractivity contribution is 7.99. The molecule has 1 fully saturated rings. The fraction of sp³-hybridized carbons (Fsp3) is 0.417. The third-order valence-electron chi connectivity index (χ3n) is 2.68. The lowest BCUT2D eigenvalue weighted by molar-refractivity contribution is 0.577. The molecule has 0 spiro atoms. The second-order valence-electron chi connectivity index (χ2n) is 3.99. The van der Waals surface area contributed by atoms with Gasteiger partial charge in [0.2, 0.25) is 0 Å². The molecule has 2 rings (SSSR count). The normalized spacial score (nSPS) is 19.7. The third-order valence-corrected chi connectivity index (χ3v) is 3.90. The van der Waals surface area contributed by atoms with Gasteiger partial charge < -0.3 is 5.32 Å². The number of rotatable bonds is 2. The first kappa shape index (κ1) is 12.2. The Morgan fingerprint density at radius 1 is 1.35 bits per heavy atom. The molecule has 1 atom stereocenters. The fourth-order valence-electron chi connectivity index (χ4n) is 1.83. The Morgan fingerprint density at radius 2 is 2.06 bits per heavy atom. The molecule has 0 bridgehead atoms. The van der Waals surface area contributed by atoms with Crippen LogP contribution < -0.4 is 5.32 Å². The van der Waals surface area contributed by atoms with Crippen molar-refractivity contribution in [1.82, 2.24) is 0 Å². The van der Waals surface area contributed by atoms with Crippen LogP contribution in [-0.4, -0.2) is 17.5 Å². The smallest absolute Gasteiger partial charge is 0.150 e. The van der Waals surface area contributed by atoms with Crippen molar-refractivity contribution in [2.75, 3.05) is 16.8 Å². The maximum atomic E-state index is 13.6. The van der Waals surface area contributed by atoms with E-state index in [0.29, 0.717) is 0 Å². The molecule has 5 heteroatoms. The van der Waals surface area contributed by atoms with Gasteiger partial charge in [-0.3, -0.25) is 0 Å². The number of halogens is 2. The van der Waals surface area contributed by atoms with Crippen LogP contribution in [0.15, 0.2) is 12.1 Å². The van der Waals surface area contributed by atoms with Crippen LogP contribution in [0, 0.1) is 23.0 Å². The Labute approximate surface area is 103 Å². The minimum Gasteiger partial charge on any atom is -0.377 e. The summed E-state index contributed by atoms with van der Waals surface area (Å²) in [7, 11) is 0. The fourth-order valence-corrected chi connectivity index (χ4v) is 2.91. The minimum absolute atomic E-state index is 0.00330. The predicted octanol–water partition coefficient (Wildman–Crippen LogP) is 3.14. The Bertz CT molecular complexity index is 427. The van der Waals surface area contributed by atoms with Crippen molar-refractivity contribution in [1.29, 1.82) is 5.26 Å². The van der Waals surface area contributed by atoms with Crippen molar-refractivity contribution < 1.29 is 8.78 Å². The first-order valence-electron chi connectivity index (χ1n) is 5.44. The summed E-state index contributed by atoms with van der Waals surface area (Å²) in [6, 6.07) is 3.94. The van der Waals surface area contributed by atoms with Crippen LogP contribution in [0.5, 0.6) is 0 Å². The molecule has 0 saturated carbocycles. The molecule has 17 heavy (non-hydrogen) atoms. The lowest BCUT2D eigenvalue weighted by atomic mass is 10.1. The van der Waals surface area contributed by atoms with Gasteiger partial charge in [-0.15, -0.1) is 0 Å². The SMILES string of the molecule is N#Cc1cc(F)c(NC2CCCSC2)c(F)c1. The molecule has 1 heterocycles. The number of anilines is 1. The number of thioether (sulfide) groups is 1. The maximum absolute atomic E-state index is 13.6. The van der Waals surface area contributed by atoms with Gasteiger partial charge in [-0.2, -0.15) is 17.0 Å². The molecule has 0 aromatic heterocycles. The first-order chi connectivity index (χ1) is 8.20. The van der Waals surface area contributed by atoms with E-state index in [0.717, 1.165) is 36.5 Å². The molecule has 0 aliphatic carbocycles. The van der Waals surface area contributed by atoms with Gasteiger partial charge in [0.25, 0.3) is 0 Å². The number of nitrogens with one attached hydrogen (secondary N) is 1. The lowest BCUT2D eigenvalue weighted by Gasteiger charge is -2.24. The van der Waals surface area contributed by atoms with Crippen molar-refractivity contribution in [2.45, 2.75) is 18.9 Å². The molecule has 1 aromatic rings. The van der Waals surface area contributed by atoms with Crippen LogP contribution in [0.2, 0.25) is 0 Å². The summed E-state index contributed by atoms with van der Waals surface area (Å²) < 4.78 is 27.2. The van der Waals surface area contributed by atoms with E-state index in [2.05, 4.69) is 5.32 Å². The molecule has 2 nitrogen and oxygen atoms in total. The molecular formula is C12H12F2N2S. The van der Waals surface area contributed by atoms with E-state index in [1.165, 1.54) is 0 Å². The van der Waals surface area contributed by atoms with E-state index in [-0.39, 0.29) is 17.3 Å². The molecule has 1 aliphatic heterocycles. The van der Waals surface area contributed by atoms with Crippen molar-refractivity contribution in [3.63, 3.8) is 0 Å². The van der Waals surface area contributed by atoms with E-state index < -0.39 is 11.6 Å². The van der Waals surface area contributed by atoms with Crippen LogP contribution in [0.1, 0.15) is 18.4 Å². The summed E-state index contributed by atoms with van der Waals surface area (Å²) in [6.45, 7) is 0. The molecule has 0 amide bonds. The number of nitrogens with zero attached hydrogens (tertiary/aromatic N) is 1. The van der Waals surface area contributed by atoms with Gasteiger partial charge in [-0.05, 0) is 30.7 Å². The molecule has 1 aliphatic rings. The molecule has 1 aromatic carbocycles. The van der Waals surface area contributed by atoms with Crippen molar-refractivity contribution in [2.24, 2.45) is 0 Å². The second-order valence-corrected chi connectivity index (χ2v) is 5.13. The average molecular weight is 254 g/mol. The zero-order valence-electron chi connectivity index (χ0n) is 9.17. The summed E-state index contributed by atoms with van der Waals surface area (Å²) in [4.78, 5) is 0. The van der Waals surface area contributed by atoms with E-state index in [1.54, 1.807) is 17.8 Å². The lowest BCUT2D eigenvalue weighted by Crippen LogP contribution is -2.26. The van der Waals surface area contributed by atoms with Crippen LogP contribution in [-0.2, 0) is 0 Å². The summed E-state index contributed by atoms with van der Waals surface area (Å²) in [5, 5.41) is 11.5. The van der Waals surface area contributed by atoms with Gasteiger partial charge in [0.15, 0.2) is 11.6 Å². The molecule has 1 saturated heterocycles. The zero-order chi connectivity index (χ0) is 12.3. The predicted molar refractivity (Wildman–Crippen MR) is 65.0 cm³/mol. The van der Waals surface area contributed by atoms with E-state index in [4.69, 9.17) is 5.26 Å². The topological polar surface area (TPSA) is 35.8 Å². The third kappa shape index (κ3) is 2.89. The molecule has 0 radical (unpaired) electrons. The van der Waals surface area contributed by atoms with Crippen molar-refractivity contribution >= 4 is 17.4 Å². The second kappa shape index (κ2) is 5.37. The maximum Gasteiger partial charge on any atom is 0.150 e. The number of hydrogen-bond acceptors (Lipinski definition) is 3.